The van der Waals surface area contributed by atoms with Crippen molar-refractivity contribution in [3.63, 3.8) is 0 Å². The van der Waals surface area contributed by atoms with Gasteiger partial charge in [0.15, 0.2) is 0 Å². The average Bonchev–Trinajstić information content (AvgIpc) is 3.29. The fourth-order valence-corrected chi connectivity index (χ4v) is 3.61. The van der Waals surface area contributed by atoms with Gasteiger partial charge in [-0.15, -0.1) is 0 Å². The van der Waals surface area contributed by atoms with E-state index in [2.05, 4.69) is 33.0 Å². The molecule has 0 fully saturated rings. The van der Waals surface area contributed by atoms with E-state index in [1.165, 1.54) is 5.56 Å². The molecule has 6 nitrogen and oxygen atoms in total. The first kappa shape index (κ1) is 17.1. The van der Waals surface area contributed by atoms with Crippen molar-refractivity contribution in [1.82, 2.24) is 15.5 Å². The van der Waals surface area contributed by atoms with E-state index >= 15 is 0 Å². The molecule has 0 saturated carbocycles. The van der Waals surface area contributed by atoms with E-state index in [1.807, 2.05) is 44.2 Å². The number of aromatic amines is 1. The van der Waals surface area contributed by atoms with Crippen LogP contribution in [0.1, 0.15) is 43.0 Å². The highest BCUT2D eigenvalue weighted by Gasteiger charge is 2.27. The van der Waals surface area contributed by atoms with Gasteiger partial charge in [0.05, 0.1) is 34.9 Å². The number of hydrogen-bond acceptors (Lipinski definition) is 3. The lowest BCUT2D eigenvalue weighted by molar-refractivity contribution is 0.248. The molecule has 1 aliphatic rings. The maximum Gasteiger partial charge on any atom is 0.319 e. The van der Waals surface area contributed by atoms with Gasteiger partial charge in [0.2, 0.25) is 0 Å². The Morgan fingerprint density at radius 1 is 1.33 bits per heavy atom. The molecule has 136 valence electrons. The molecule has 1 aromatic heterocycles. The lowest BCUT2D eigenvalue weighted by atomic mass is 9.85. The smallest absolute Gasteiger partial charge is 0.319 e. The standard InChI is InChI=1S/C21H21N5O/c1-21(2,12-22)14-7-8-15-13(10-14)6-9-18(15)25-20(27)24-17-4-3-5-19-16(17)11-23-26-19/h3-5,7-8,10-11,18H,6,9H2,1-2H3,(H,23,26)(H2,24,25,27)/t18-/m0/s1. The molecule has 0 bridgehead atoms. The van der Waals surface area contributed by atoms with Gasteiger partial charge in [0, 0.05) is 5.39 Å². The Morgan fingerprint density at radius 3 is 3.00 bits per heavy atom. The van der Waals surface area contributed by atoms with Gasteiger partial charge in [-0.25, -0.2) is 4.79 Å². The van der Waals surface area contributed by atoms with Crippen LogP contribution in [-0.2, 0) is 11.8 Å². The number of rotatable bonds is 3. The number of nitriles is 1. The number of amides is 2. The van der Waals surface area contributed by atoms with Crippen molar-refractivity contribution in [2.45, 2.75) is 38.1 Å². The van der Waals surface area contributed by atoms with Gasteiger partial charge in [0.25, 0.3) is 0 Å². The fourth-order valence-electron chi connectivity index (χ4n) is 3.61. The number of urea groups is 1. The summed E-state index contributed by atoms with van der Waals surface area (Å²) in [6, 6.07) is 13.9. The molecule has 2 amide bonds. The molecule has 0 spiro atoms. The molecule has 6 heteroatoms. The van der Waals surface area contributed by atoms with E-state index in [1.54, 1.807) is 6.20 Å². The van der Waals surface area contributed by atoms with E-state index in [9.17, 15) is 10.1 Å². The Bertz CT molecular complexity index is 1060. The van der Waals surface area contributed by atoms with Crippen LogP contribution in [0, 0.1) is 11.3 Å². The number of hydrogen-bond donors (Lipinski definition) is 3. The van der Waals surface area contributed by atoms with Crippen molar-refractivity contribution in [3.8, 4) is 6.07 Å². The molecule has 27 heavy (non-hydrogen) atoms. The quantitative estimate of drug-likeness (QED) is 0.655. The lowest BCUT2D eigenvalue weighted by Gasteiger charge is -2.19. The first-order chi connectivity index (χ1) is 13.0. The molecule has 2 aromatic carbocycles. The Labute approximate surface area is 157 Å². The number of anilines is 1. The van der Waals surface area contributed by atoms with E-state index < -0.39 is 5.41 Å². The molecule has 1 atom stereocenters. The van der Waals surface area contributed by atoms with Gasteiger partial charge in [0.1, 0.15) is 0 Å². The fraction of sp³-hybridized carbons (Fsp3) is 0.286. The number of carbonyl (C=O) groups excluding carboxylic acids is 1. The van der Waals surface area contributed by atoms with Crippen LogP contribution in [-0.4, -0.2) is 16.2 Å². The van der Waals surface area contributed by atoms with Gasteiger partial charge in [-0.3, -0.25) is 5.10 Å². The van der Waals surface area contributed by atoms with Crippen molar-refractivity contribution in [3.05, 3.63) is 59.3 Å². The minimum absolute atomic E-state index is 0.0252. The van der Waals surface area contributed by atoms with Crippen molar-refractivity contribution in [2.24, 2.45) is 0 Å². The van der Waals surface area contributed by atoms with E-state index in [0.717, 1.165) is 40.6 Å². The first-order valence-corrected chi connectivity index (χ1v) is 9.02. The number of carbonyl (C=O) groups is 1. The van der Waals surface area contributed by atoms with Crippen LogP contribution < -0.4 is 10.6 Å². The van der Waals surface area contributed by atoms with Crippen molar-refractivity contribution >= 4 is 22.6 Å². The number of H-pyrrole nitrogens is 1. The zero-order chi connectivity index (χ0) is 19.0. The zero-order valence-corrected chi connectivity index (χ0v) is 15.3. The van der Waals surface area contributed by atoms with Crippen LogP contribution in [0.5, 0.6) is 0 Å². The van der Waals surface area contributed by atoms with Crippen molar-refractivity contribution in [2.75, 3.05) is 5.32 Å². The molecular weight excluding hydrogens is 338 g/mol. The minimum atomic E-state index is -0.513. The summed E-state index contributed by atoms with van der Waals surface area (Å²) < 4.78 is 0. The third-order valence-electron chi connectivity index (χ3n) is 5.26. The summed E-state index contributed by atoms with van der Waals surface area (Å²) in [4.78, 5) is 12.5. The largest absolute Gasteiger partial charge is 0.331 e. The van der Waals surface area contributed by atoms with Gasteiger partial charge in [-0.2, -0.15) is 10.4 Å². The highest BCUT2D eigenvalue weighted by atomic mass is 16.2. The summed E-state index contributed by atoms with van der Waals surface area (Å²) in [5.41, 5.74) is 4.44. The van der Waals surface area contributed by atoms with Crippen LogP contribution in [0.25, 0.3) is 10.9 Å². The topological polar surface area (TPSA) is 93.6 Å². The van der Waals surface area contributed by atoms with Gasteiger partial charge < -0.3 is 10.6 Å². The number of aromatic nitrogens is 2. The van der Waals surface area contributed by atoms with Crippen LogP contribution in [0.15, 0.2) is 42.6 Å². The predicted molar refractivity (Wildman–Crippen MR) is 104 cm³/mol. The summed E-state index contributed by atoms with van der Waals surface area (Å²) in [5.74, 6) is 0. The molecule has 0 saturated heterocycles. The molecular formula is C21H21N5O. The van der Waals surface area contributed by atoms with Gasteiger partial charge in [-0.1, -0.05) is 24.3 Å². The molecule has 3 aromatic rings. The highest BCUT2D eigenvalue weighted by Crippen LogP contribution is 2.34. The normalized spacial score (nSPS) is 16.0. The monoisotopic (exact) mass is 359 g/mol. The Kier molecular flexibility index (Phi) is 4.08. The second-order valence-electron chi connectivity index (χ2n) is 7.48. The SMILES string of the molecule is CC(C)(C#N)c1ccc2c(c1)CC[C@@H]2NC(=O)Nc1cccc2[nH]ncc12. The van der Waals surface area contributed by atoms with E-state index in [-0.39, 0.29) is 12.1 Å². The number of nitrogens with zero attached hydrogens (tertiary/aromatic N) is 2. The van der Waals surface area contributed by atoms with Crippen LogP contribution in [0.4, 0.5) is 10.5 Å². The molecule has 1 heterocycles. The van der Waals surface area contributed by atoms with Crippen molar-refractivity contribution in [1.29, 1.82) is 5.26 Å². The van der Waals surface area contributed by atoms with Crippen LogP contribution in [0.2, 0.25) is 0 Å². The Hall–Kier alpha value is -3.33. The maximum atomic E-state index is 12.5. The Balaban J connectivity index is 1.50. The summed E-state index contributed by atoms with van der Waals surface area (Å²) in [5, 5.41) is 23.1. The zero-order valence-electron chi connectivity index (χ0n) is 15.3. The summed E-state index contributed by atoms with van der Waals surface area (Å²) in [6.45, 7) is 3.84. The van der Waals surface area contributed by atoms with Crippen LogP contribution in [0.3, 0.4) is 0 Å². The summed E-state index contributed by atoms with van der Waals surface area (Å²) in [7, 11) is 0. The summed E-state index contributed by atoms with van der Waals surface area (Å²) >= 11 is 0. The third kappa shape index (κ3) is 3.13. The average molecular weight is 359 g/mol. The molecule has 1 aliphatic carbocycles. The van der Waals surface area contributed by atoms with Gasteiger partial charge >= 0.3 is 6.03 Å². The van der Waals surface area contributed by atoms with Gasteiger partial charge in [-0.05, 0) is 55.5 Å². The first-order valence-electron chi connectivity index (χ1n) is 9.02. The number of benzene rings is 2. The van der Waals surface area contributed by atoms with E-state index in [4.69, 9.17) is 0 Å². The molecule has 0 unspecified atom stereocenters. The minimum Gasteiger partial charge on any atom is -0.331 e. The Morgan fingerprint density at radius 2 is 2.19 bits per heavy atom. The third-order valence-corrected chi connectivity index (χ3v) is 5.26. The van der Waals surface area contributed by atoms with Crippen molar-refractivity contribution < 1.29 is 4.79 Å². The van der Waals surface area contributed by atoms with Crippen LogP contribution >= 0.6 is 0 Å². The highest BCUT2D eigenvalue weighted by molar-refractivity contribution is 6.00. The molecule has 4 rings (SSSR count). The second kappa shape index (κ2) is 6.44. The number of aryl methyl sites for hydroxylation is 1. The number of nitrogens with one attached hydrogen (secondary N) is 3. The maximum absolute atomic E-state index is 12.5. The predicted octanol–water partition coefficient (Wildman–Crippen LogP) is 4.17. The lowest BCUT2D eigenvalue weighted by Crippen LogP contribution is -2.31. The molecule has 3 N–H and O–H groups in total. The summed E-state index contributed by atoms with van der Waals surface area (Å²) in [6.07, 6.45) is 3.45. The second-order valence-corrected chi connectivity index (χ2v) is 7.48. The van der Waals surface area contributed by atoms with E-state index in [0.29, 0.717) is 0 Å². The molecule has 0 radical (unpaired) electrons. The number of fused-ring (bicyclic) bond motifs is 2. The molecule has 0 aliphatic heterocycles.